The minimum atomic E-state index is -0.346. The topological polar surface area (TPSA) is 60.4 Å². The number of ketones is 1. The summed E-state index contributed by atoms with van der Waals surface area (Å²) in [6, 6.07) is 0. The first-order chi connectivity index (χ1) is 9.08. The molecule has 5 rings (SSSR count). The Hall–Kier alpha value is -1.45. The van der Waals surface area contributed by atoms with Crippen molar-refractivity contribution in [2.24, 2.45) is 41.4 Å². The minimum Gasteiger partial charge on any atom is -0.393 e. The average Bonchev–Trinajstić information content (AvgIpc) is 2.63. The first-order valence-corrected chi connectivity index (χ1v) is 7.01. The fraction of sp³-hybridized carbons (Fsp3) is 0.667. The number of Topliss-reactive ketones (excluding diaryl/α,β-unsaturated/α-hetero) is 1. The smallest absolute Gasteiger partial charge is 0.318 e. The van der Waals surface area contributed by atoms with Gasteiger partial charge in [0.2, 0.25) is 0 Å². The number of hydrogen-bond donors (Lipinski definition) is 0. The van der Waals surface area contributed by atoms with E-state index in [1.165, 1.54) is 0 Å². The quantitative estimate of drug-likeness (QED) is 0.427. The molecule has 4 nitrogen and oxygen atoms in total. The summed E-state index contributed by atoms with van der Waals surface area (Å²) in [4.78, 5) is 35.0. The van der Waals surface area contributed by atoms with Crippen molar-refractivity contribution in [2.45, 2.75) is 19.8 Å². The molecule has 4 heteroatoms. The molecule has 100 valence electrons. The van der Waals surface area contributed by atoms with Crippen LogP contribution in [-0.4, -0.2) is 17.7 Å². The largest absolute Gasteiger partial charge is 0.393 e. The van der Waals surface area contributed by atoms with Crippen molar-refractivity contribution in [3.05, 3.63) is 12.2 Å². The number of carbonyl (C=O) groups is 3. The Bertz CT molecular complexity index is 520. The minimum absolute atomic E-state index is 0.108. The maximum absolute atomic E-state index is 11.9. The van der Waals surface area contributed by atoms with Gasteiger partial charge in [0.1, 0.15) is 5.78 Å². The summed E-state index contributed by atoms with van der Waals surface area (Å²) in [6.07, 6.45) is 5.83. The van der Waals surface area contributed by atoms with E-state index in [0.29, 0.717) is 24.2 Å². The Morgan fingerprint density at radius 3 is 2.53 bits per heavy atom. The second kappa shape index (κ2) is 3.56. The molecule has 0 aromatic rings. The molecule has 1 aliphatic heterocycles. The van der Waals surface area contributed by atoms with E-state index in [1.54, 1.807) is 6.92 Å². The molecule has 1 heterocycles. The Labute approximate surface area is 111 Å². The highest BCUT2D eigenvalue weighted by Crippen LogP contribution is 2.64. The van der Waals surface area contributed by atoms with Gasteiger partial charge in [-0.15, -0.1) is 0 Å². The van der Waals surface area contributed by atoms with Gasteiger partial charge in [-0.05, 0) is 42.9 Å². The summed E-state index contributed by atoms with van der Waals surface area (Å²) in [5.74, 6) is 0.543. The second-order valence-electron chi connectivity index (χ2n) is 6.47. The van der Waals surface area contributed by atoms with Crippen molar-refractivity contribution >= 4 is 17.7 Å². The number of ether oxygens (including phenoxy) is 1. The average molecular weight is 260 g/mol. The molecule has 7 atom stereocenters. The summed E-state index contributed by atoms with van der Waals surface area (Å²) in [6.45, 7) is 1.63. The molecule has 0 spiro atoms. The molecule has 5 aliphatic rings. The Kier molecular flexibility index (Phi) is 2.13. The number of hydrogen-bond acceptors (Lipinski definition) is 4. The van der Waals surface area contributed by atoms with E-state index in [4.69, 9.17) is 4.74 Å². The Morgan fingerprint density at radius 2 is 1.84 bits per heavy atom. The molecular weight excluding hydrogens is 244 g/mol. The SMILES string of the molecule is CC(=O)C[C@@H]1C[C@@H]2[C@H]3C=C[C@@H]([C@@H]4C(=O)OC(=O)[C@@H]34)[C@H]12. The molecule has 2 saturated carbocycles. The fourth-order valence-corrected chi connectivity index (χ4v) is 5.01. The van der Waals surface area contributed by atoms with Gasteiger partial charge in [-0.3, -0.25) is 9.59 Å². The molecule has 0 N–H and O–H groups in total. The van der Waals surface area contributed by atoms with Crippen LogP contribution in [0, 0.1) is 41.4 Å². The Balaban J connectivity index is 1.67. The number of esters is 2. The normalized spacial score (nSPS) is 49.4. The molecule has 0 radical (unpaired) electrons. The van der Waals surface area contributed by atoms with Crippen LogP contribution in [0.3, 0.4) is 0 Å². The molecule has 1 saturated heterocycles. The van der Waals surface area contributed by atoms with Gasteiger partial charge in [0.05, 0.1) is 11.8 Å². The lowest BCUT2D eigenvalue weighted by Gasteiger charge is -2.59. The molecular formula is C15H16O4. The molecule has 0 amide bonds. The summed E-state index contributed by atoms with van der Waals surface area (Å²) in [5.41, 5.74) is 0. The zero-order chi connectivity index (χ0) is 13.3. The lowest BCUT2D eigenvalue weighted by Crippen LogP contribution is -2.57. The van der Waals surface area contributed by atoms with Gasteiger partial charge in [-0.2, -0.15) is 0 Å². The van der Waals surface area contributed by atoms with E-state index in [9.17, 15) is 14.4 Å². The Morgan fingerprint density at radius 1 is 1.21 bits per heavy atom. The third-order valence-electron chi connectivity index (χ3n) is 5.62. The lowest BCUT2D eigenvalue weighted by atomic mass is 9.43. The molecule has 2 bridgehead atoms. The second-order valence-corrected chi connectivity index (χ2v) is 6.47. The van der Waals surface area contributed by atoms with Crippen LogP contribution in [0.15, 0.2) is 12.2 Å². The summed E-state index contributed by atoms with van der Waals surface area (Å²) < 4.78 is 4.85. The van der Waals surface area contributed by atoms with Gasteiger partial charge in [0.25, 0.3) is 0 Å². The highest BCUT2D eigenvalue weighted by molar-refractivity contribution is 5.97. The predicted molar refractivity (Wildman–Crippen MR) is 64.6 cm³/mol. The zero-order valence-corrected chi connectivity index (χ0v) is 10.7. The van der Waals surface area contributed by atoms with Crippen LogP contribution in [0.1, 0.15) is 19.8 Å². The van der Waals surface area contributed by atoms with Crippen molar-refractivity contribution in [3.63, 3.8) is 0 Å². The van der Waals surface area contributed by atoms with Crippen LogP contribution in [0.4, 0.5) is 0 Å². The van der Waals surface area contributed by atoms with Gasteiger partial charge in [-0.25, -0.2) is 0 Å². The predicted octanol–water partition coefficient (Wildman–Crippen LogP) is 1.35. The molecule has 0 aromatic carbocycles. The van der Waals surface area contributed by atoms with E-state index in [1.807, 2.05) is 0 Å². The van der Waals surface area contributed by atoms with E-state index in [-0.39, 0.29) is 41.4 Å². The third-order valence-corrected chi connectivity index (χ3v) is 5.62. The van der Waals surface area contributed by atoms with E-state index < -0.39 is 0 Å². The molecule has 0 aromatic heterocycles. The van der Waals surface area contributed by atoms with Crippen LogP contribution in [0.5, 0.6) is 0 Å². The van der Waals surface area contributed by atoms with E-state index in [0.717, 1.165) is 6.42 Å². The third kappa shape index (κ3) is 1.32. The van der Waals surface area contributed by atoms with Crippen LogP contribution in [0.25, 0.3) is 0 Å². The highest BCUT2D eigenvalue weighted by Gasteiger charge is 2.65. The van der Waals surface area contributed by atoms with Crippen molar-refractivity contribution in [1.29, 1.82) is 0 Å². The van der Waals surface area contributed by atoms with Crippen LogP contribution >= 0.6 is 0 Å². The van der Waals surface area contributed by atoms with Gasteiger partial charge < -0.3 is 9.53 Å². The highest BCUT2D eigenvalue weighted by atomic mass is 16.6. The van der Waals surface area contributed by atoms with E-state index in [2.05, 4.69) is 12.2 Å². The first-order valence-electron chi connectivity index (χ1n) is 7.01. The summed E-state index contributed by atoms with van der Waals surface area (Å²) in [5, 5.41) is 0. The number of rotatable bonds is 2. The van der Waals surface area contributed by atoms with Gasteiger partial charge in [0.15, 0.2) is 0 Å². The summed E-state index contributed by atoms with van der Waals surface area (Å²) in [7, 11) is 0. The molecule has 3 fully saturated rings. The van der Waals surface area contributed by atoms with Gasteiger partial charge in [-0.1, -0.05) is 12.2 Å². The molecule has 0 unspecified atom stereocenters. The number of allylic oxidation sites excluding steroid dienone is 2. The maximum atomic E-state index is 11.9. The van der Waals surface area contributed by atoms with Gasteiger partial charge in [0, 0.05) is 6.42 Å². The van der Waals surface area contributed by atoms with Crippen molar-refractivity contribution < 1.29 is 19.1 Å². The van der Waals surface area contributed by atoms with Crippen molar-refractivity contribution in [3.8, 4) is 0 Å². The number of carbonyl (C=O) groups excluding carboxylic acids is 3. The standard InChI is InChI=1S/C15H16O4/c1-6(16)4-7-5-10-8-2-3-9(11(7)10)13-12(8)14(17)19-15(13)18/h2-3,7-13H,4-5H2,1H3/t7-,8-,9-,10-,11+,12+,13+/m1/s1. The number of cyclic esters (lactones) is 2. The first kappa shape index (κ1) is 11.4. The van der Waals surface area contributed by atoms with Crippen LogP contribution in [-0.2, 0) is 19.1 Å². The van der Waals surface area contributed by atoms with Gasteiger partial charge >= 0.3 is 11.9 Å². The van der Waals surface area contributed by atoms with E-state index >= 15 is 0 Å². The monoisotopic (exact) mass is 260 g/mol. The van der Waals surface area contributed by atoms with Crippen molar-refractivity contribution in [2.75, 3.05) is 0 Å². The fourth-order valence-electron chi connectivity index (χ4n) is 5.01. The molecule has 4 aliphatic carbocycles. The lowest BCUT2D eigenvalue weighted by molar-refractivity contribution is -0.154. The summed E-state index contributed by atoms with van der Waals surface area (Å²) >= 11 is 0. The maximum Gasteiger partial charge on any atom is 0.318 e. The van der Waals surface area contributed by atoms with Crippen molar-refractivity contribution in [1.82, 2.24) is 0 Å². The molecule has 19 heavy (non-hydrogen) atoms. The van der Waals surface area contributed by atoms with Crippen LogP contribution < -0.4 is 0 Å². The van der Waals surface area contributed by atoms with Crippen LogP contribution in [0.2, 0.25) is 0 Å². The zero-order valence-electron chi connectivity index (χ0n) is 10.7.